The van der Waals surface area contributed by atoms with Gasteiger partial charge in [0.2, 0.25) is 5.91 Å². The van der Waals surface area contributed by atoms with Gasteiger partial charge in [-0.15, -0.1) is 0 Å². The Kier molecular flexibility index (Phi) is 5.47. The quantitative estimate of drug-likeness (QED) is 0.723. The van der Waals surface area contributed by atoms with E-state index in [0.29, 0.717) is 37.2 Å². The van der Waals surface area contributed by atoms with E-state index in [-0.39, 0.29) is 24.0 Å². The lowest BCUT2D eigenvalue weighted by Gasteiger charge is -2.34. The number of carbonyl (C=O) groups is 2. The molecule has 2 aromatic carbocycles. The molecule has 8 heteroatoms. The molecule has 3 aromatic rings. The molecule has 1 aliphatic rings. The normalized spacial score (nSPS) is 14.0. The molecule has 0 bridgehead atoms. The van der Waals surface area contributed by atoms with E-state index >= 15 is 0 Å². The van der Waals surface area contributed by atoms with Gasteiger partial charge in [0, 0.05) is 31.9 Å². The fourth-order valence-electron chi connectivity index (χ4n) is 3.60. The molecular formula is C22H23N5O3. The topological polar surface area (TPSA) is 87.5 Å². The molecule has 30 heavy (non-hydrogen) atoms. The third-order valence-corrected chi connectivity index (χ3v) is 5.23. The van der Waals surface area contributed by atoms with E-state index in [1.807, 2.05) is 43.3 Å². The predicted octanol–water partition coefficient (Wildman–Crippen LogP) is 2.08. The first-order valence-corrected chi connectivity index (χ1v) is 9.86. The smallest absolute Gasteiger partial charge is 0.321 e. The molecule has 4 rings (SSSR count). The standard InChI is InChI=1S/C22H23N5O3/c1-16-5-4-6-17(13-16)24-22(30)26-11-9-25(10-12-26)21(29)15-27-19-8-3-2-7-18(19)23-14-20(27)28/h2-8,13-14H,9-12,15H2,1H3,(H,24,30). The molecule has 8 nitrogen and oxygen atoms in total. The second-order valence-electron chi connectivity index (χ2n) is 7.34. The van der Waals surface area contributed by atoms with Crippen molar-refractivity contribution in [3.8, 4) is 0 Å². The molecule has 154 valence electrons. The van der Waals surface area contributed by atoms with E-state index in [9.17, 15) is 14.4 Å². The molecule has 1 fully saturated rings. The first-order chi connectivity index (χ1) is 14.5. The van der Waals surface area contributed by atoms with E-state index in [1.54, 1.807) is 21.9 Å². The number of para-hydroxylation sites is 2. The SMILES string of the molecule is Cc1cccc(NC(=O)N2CCN(C(=O)Cn3c(=O)cnc4ccccc43)CC2)c1. The van der Waals surface area contributed by atoms with Gasteiger partial charge in [-0.05, 0) is 36.8 Å². The average molecular weight is 405 g/mol. The molecule has 0 spiro atoms. The maximum Gasteiger partial charge on any atom is 0.321 e. The maximum absolute atomic E-state index is 12.8. The molecule has 1 N–H and O–H groups in total. The van der Waals surface area contributed by atoms with Gasteiger partial charge in [-0.3, -0.25) is 14.2 Å². The molecule has 0 radical (unpaired) electrons. The Morgan fingerprint density at radius 3 is 2.50 bits per heavy atom. The Morgan fingerprint density at radius 2 is 1.73 bits per heavy atom. The summed E-state index contributed by atoms with van der Waals surface area (Å²) in [5, 5.41) is 2.90. The summed E-state index contributed by atoms with van der Waals surface area (Å²) in [4.78, 5) is 45.1. The van der Waals surface area contributed by atoms with Crippen LogP contribution in [0.4, 0.5) is 10.5 Å². The number of carbonyl (C=O) groups excluding carboxylic acids is 2. The number of hydrogen-bond donors (Lipinski definition) is 1. The summed E-state index contributed by atoms with van der Waals surface area (Å²) in [7, 11) is 0. The number of urea groups is 1. The van der Waals surface area contributed by atoms with Crippen LogP contribution in [0.15, 0.2) is 59.5 Å². The monoisotopic (exact) mass is 405 g/mol. The number of benzene rings is 2. The zero-order valence-electron chi connectivity index (χ0n) is 16.7. The third kappa shape index (κ3) is 4.17. The van der Waals surface area contributed by atoms with Crippen molar-refractivity contribution in [1.29, 1.82) is 0 Å². The van der Waals surface area contributed by atoms with E-state index in [2.05, 4.69) is 10.3 Å². The maximum atomic E-state index is 12.8. The van der Waals surface area contributed by atoms with Gasteiger partial charge in [0.25, 0.3) is 5.56 Å². The third-order valence-electron chi connectivity index (χ3n) is 5.23. The second kappa shape index (κ2) is 8.36. The Morgan fingerprint density at radius 1 is 1.00 bits per heavy atom. The molecular weight excluding hydrogens is 382 g/mol. The van der Waals surface area contributed by atoms with Gasteiger partial charge in [0.15, 0.2) is 0 Å². The van der Waals surface area contributed by atoms with Crippen molar-refractivity contribution < 1.29 is 9.59 Å². The van der Waals surface area contributed by atoms with Gasteiger partial charge in [-0.1, -0.05) is 24.3 Å². The van der Waals surface area contributed by atoms with Gasteiger partial charge < -0.3 is 15.1 Å². The first-order valence-electron chi connectivity index (χ1n) is 9.86. The van der Waals surface area contributed by atoms with Gasteiger partial charge in [-0.2, -0.15) is 0 Å². The lowest BCUT2D eigenvalue weighted by atomic mass is 10.2. The second-order valence-corrected chi connectivity index (χ2v) is 7.34. The van der Waals surface area contributed by atoms with Crippen molar-refractivity contribution in [2.75, 3.05) is 31.5 Å². The molecule has 0 unspecified atom stereocenters. The van der Waals surface area contributed by atoms with Crippen LogP contribution in [0, 0.1) is 6.92 Å². The minimum atomic E-state index is -0.307. The van der Waals surface area contributed by atoms with Crippen LogP contribution in [-0.4, -0.2) is 57.5 Å². The van der Waals surface area contributed by atoms with Crippen LogP contribution in [0.2, 0.25) is 0 Å². The number of aryl methyl sites for hydroxylation is 1. The van der Waals surface area contributed by atoms with Crippen LogP contribution in [0.3, 0.4) is 0 Å². The number of nitrogens with one attached hydrogen (secondary N) is 1. The van der Waals surface area contributed by atoms with Crippen LogP contribution < -0.4 is 10.9 Å². The van der Waals surface area contributed by atoms with Crippen LogP contribution in [0.25, 0.3) is 11.0 Å². The summed E-state index contributed by atoms with van der Waals surface area (Å²) in [6.45, 7) is 3.66. The number of anilines is 1. The average Bonchev–Trinajstić information content (AvgIpc) is 2.76. The van der Waals surface area contributed by atoms with Crippen molar-refractivity contribution >= 4 is 28.7 Å². The molecule has 0 saturated carbocycles. The highest BCUT2D eigenvalue weighted by molar-refractivity contribution is 5.89. The Hall–Kier alpha value is -3.68. The molecule has 1 aliphatic heterocycles. The van der Waals surface area contributed by atoms with Crippen LogP contribution in [0.5, 0.6) is 0 Å². The predicted molar refractivity (Wildman–Crippen MR) is 114 cm³/mol. The highest BCUT2D eigenvalue weighted by Gasteiger charge is 2.24. The van der Waals surface area contributed by atoms with Crippen molar-refractivity contribution in [3.05, 3.63) is 70.6 Å². The summed E-state index contributed by atoms with van der Waals surface area (Å²) < 4.78 is 1.45. The molecule has 3 amide bonds. The number of hydrogen-bond acceptors (Lipinski definition) is 4. The zero-order chi connectivity index (χ0) is 21.1. The highest BCUT2D eigenvalue weighted by Crippen LogP contribution is 2.13. The molecule has 1 aromatic heterocycles. The summed E-state index contributed by atoms with van der Waals surface area (Å²) in [6, 6.07) is 14.7. The lowest BCUT2D eigenvalue weighted by molar-refractivity contribution is -0.133. The fourth-order valence-corrected chi connectivity index (χ4v) is 3.60. The number of piperazine rings is 1. The summed E-state index contributed by atoms with van der Waals surface area (Å²) >= 11 is 0. The summed E-state index contributed by atoms with van der Waals surface area (Å²) in [6.07, 6.45) is 1.24. The molecule has 2 heterocycles. The van der Waals surface area contributed by atoms with E-state index in [1.165, 1.54) is 10.8 Å². The first kappa shape index (κ1) is 19.6. The van der Waals surface area contributed by atoms with Crippen molar-refractivity contribution in [2.45, 2.75) is 13.5 Å². The number of fused-ring (bicyclic) bond motifs is 1. The van der Waals surface area contributed by atoms with E-state index in [0.717, 1.165) is 11.3 Å². The Bertz CT molecular complexity index is 1150. The Balaban J connectivity index is 1.38. The van der Waals surface area contributed by atoms with Crippen molar-refractivity contribution in [3.63, 3.8) is 0 Å². The van der Waals surface area contributed by atoms with Crippen LogP contribution in [-0.2, 0) is 11.3 Å². The van der Waals surface area contributed by atoms with Crippen molar-refractivity contribution in [1.82, 2.24) is 19.4 Å². The molecule has 0 aliphatic carbocycles. The fraction of sp³-hybridized carbons (Fsp3) is 0.273. The number of rotatable bonds is 3. The largest absolute Gasteiger partial charge is 0.338 e. The Labute approximate surface area is 173 Å². The lowest BCUT2D eigenvalue weighted by Crippen LogP contribution is -2.52. The van der Waals surface area contributed by atoms with Crippen molar-refractivity contribution in [2.24, 2.45) is 0 Å². The highest BCUT2D eigenvalue weighted by atomic mass is 16.2. The summed E-state index contributed by atoms with van der Waals surface area (Å²) in [5.41, 5.74) is 2.82. The van der Waals surface area contributed by atoms with Gasteiger partial charge in [0.05, 0.1) is 17.2 Å². The van der Waals surface area contributed by atoms with Gasteiger partial charge >= 0.3 is 6.03 Å². The number of nitrogens with zero attached hydrogens (tertiary/aromatic N) is 4. The van der Waals surface area contributed by atoms with Gasteiger partial charge in [-0.25, -0.2) is 9.78 Å². The zero-order valence-corrected chi connectivity index (χ0v) is 16.7. The molecule has 0 atom stereocenters. The molecule has 1 saturated heterocycles. The number of amides is 3. The minimum Gasteiger partial charge on any atom is -0.338 e. The number of aromatic nitrogens is 2. The van der Waals surface area contributed by atoms with E-state index < -0.39 is 0 Å². The van der Waals surface area contributed by atoms with E-state index in [4.69, 9.17) is 0 Å². The summed E-state index contributed by atoms with van der Waals surface area (Å²) in [5.74, 6) is -0.146. The minimum absolute atomic E-state index is 0.0443. The van der Waals surface area contributed by atoms with Crippen LogP contribution >= 0.6 is 0 Å². The van der Waals surface area contributed by atoms with Crippen LogP contribution in [0.1, 0.15) is 5.56 Å². The van der Waals surface area contributed by atoms with Gasteiger partial charge in [0.1, 0.15) is 6.54 Å².